The van der Waals surface area contributed by atoms with Gasteiger partial charge in [-0.05, 0) is 56.6 Å². The molecule has 0 spiro atoms. The van der Waals surface area contributed by atoms with Crippen molar-refractivity contribution in [2.45, 2.75) is 25.3 Å². The summed E-state index contributed by atoms with van der Waals surface area (Å²) in [7, 11) is 1.98. The second kappa shape index (κ2) is 4.53. The third kappa shape index (κ3) is 2.42. The zero-order valence-corrected chi connectivity index (χ0v) is 9.09. The fourth-order valence-corrected chi connectivity index (χ4v) is 2.13. The van der Waals surface area contributed by atoms with Gasteiger partial charge >= 0.3 is 0 Å². The van der Waals surface area contributed by atoms with E-state index in [0.717, 1.165) is 13.0 Å². The topological polar surface area (TPSA) is 44.3 Å². The Kier molecular flexibility index (Phi) is 3.11. The molecule has 0 radical (unpaired) electrons. The van der Waals surface area contributed by atoms with E-state index in [1.165, 1.54) is 24.1 Å². The van der Waals surface area contributed by atoms with Gasteiger partial charge in [-0.15, -0.1) is 0 Å². The highest BCUT2D eigenvalue weighted by Gasteiger charge is 2.19. The van der Waals surface area contributed by atoms with Crippen molar-refractivity contribution in [1.82, 2.24) is 5.32 Å². The van der Waals surface area contributed by atoms with E-state index in [2.05, 4.69) is 10.6 Å². The lowest BCUT2D eigenvalue weighted by atomic mass is 10.1. The second-order valence-electron chi connectivity index (χ2n) is 4.13. The zero-order valence-electron chi connectivity index (χ0n) is 9.09. The van der Waals surface area contributed by atoms with Crippen LogP contribution in [0.2, 0.25) is 0 Å². The monoisotopic (exact) mass is 206 g/mol. The molecule has 1 unspecified atom stereocenters. The SMILES string of the molecule is CNCCCC1Cc2cc(O)ccc2N1. The van der Waals surface area contributed by atoms with Crippen LogP contribution in [-0.2, 0) is 6.42 Å². The molecule has 0 bridgehead atoms. The van der Waals surface area contributed by atoms with E-state index < -0.39 is 0 Å². The van der Waals surface area contributed by atoms with Gasteiger partial charge in [0.1, 0.15) is 5.75 Å². The quantitative estimate of drug-likeness (QED) is 0.519. The standard InChI is InChI=1S/C12H18N2O/c1-13-6-2-3-10-7-9-8-11(15)4-5-12(9)14-10/h4-5,8,10,13-15H,2-3,6-7H2,1H3. The lowest BCUT2D eigenvalue weighted by Crippen LogP contribution is -2.18. The maximum atomic E-state index is 9.36. The second-order valence-corrected chi connectivity index (χ2v) is 4.13. The minimum atomic E-state index is 0.367. The number of phenolic OH excluding ortho intramolecular Hbond substituents is 1. The molecule has 1 aromatic rings. The van der Waals surface area contributed by atoms with Crippen molar-refractivity contribution in [2.24, 2.45) is 0 Å². The molecule has 0 fully saturated rings. The number of benzene rings is 1. The molecule has 3 heteroatoms. The molecule has 2 rings (SSSR count). The van der Waals surface area contributed by atoms with Gasteiger partial charge in [-0.1, -0.05) is 0 Å². The van der Waals surface area contributed by atoms with Gasteiger partial charge in [0.15, 0.2) is 0 Å². The van der Waals surface area contributed by atoms with Crippen molar-refractivity contribution in [2.75, 3.05) is 18.9 Å². The van der Waals surface area contributed by atoms with E-state index in [-0.39, 0.29) is 0 Å². The van der Waals surface area contributed by atoms with Crippen LogP contribution in [0.5, 0.6) is 5.75 Å². The number of phenols is 1. The van der Waals surface area contributed by atoms with E-state index in [0.29, 0.717) is 11.8 Å². The highest BCUT2D eigenvalue weighted by molar-refractivity contribution is 5.58. The summed E-state index contributed by atoms with van der Waals surface area (Å²) in [6.07, 6.45) is 3.40. The molecule has 0 aromatic heterocycles. The third-order valence-electron chi connectivity index (χ3n) is 2.89. The summed E-state index contributed by atoms with van der Waals surface area (Å²) in [5.41, 5.74) is 2.42. The Bertz CT molecular complexity index is 338. The molecule has 0 aliphatic carbocycles. The van der Waals surface area contributed by atoms with Crippen LogP contribution in [0.4, 0.5) is 5.69 Å². The van der Waals surface area contributed by atoms with Gasteiger partial charge < -0.3 is 15.7 Å². The predicted octanol–water partition coefficient (Wildman–Crippen LogP) is 1.73. The van der Waals surface area contributed by atoms with Crippen LogP contribution in [-0.4, -0.2) is 24.7 Å². The molecular weight excluding hydrogens is 188 g/mol. The molecule has 82 valence electrons. The van der Waals surface area contributed by atoms with Gasteiger partial charge in [0.25, 0.3) is 0 Å². The minimum absolute atomic E-state index is 0.367. The summed E-state index contributed by atoms with van der Waals surface area (Å²) in [6.45, 7) is 1.07. The molecule has 1 atom stereocenters. The molecule has 0 saturated carbocycles. The fraction of sp³-hybridized carbons (Fsp3) is 0.500. The van der Waals surface area contributed by atoms with Gasteiger partial charge in [-0.2, -0.15) is 0 Å². The number of aromatic hydroxyl groups is 1. The van der Waals surface area contributed by atoms with Crippen LogP contribution < -0.4 is 10.6 Å². The Morgan fingerprint density at radius 3 is 3.20 bits per heavy atom. The van der Waals surface area contributed by atoms with E-state index in [4.69, 9.17) is 0 Å². The molecule has 1 aliphatic heterocycles. The van der Waals surface area contributed by atoms with E-state index >= 15 is 0 Å². The number of nitrogens with one attached hydrogen (secondary N) is 2. The molecule has 3 nitrogen and oxygen atoms in total. The largest absolute Gasteiger partial charge is 0.508 e. The van der Waals surface area contributed by atoms with Crippen LogP contribution in [0.1, 0.15) is 18.4 Å². The maximum absolute atomic E-state index is 9.36. The van der Waals surface area contributed by atoms with E-state index in [9.17, 15) is 5.11 Å². The number of hydrogen-bond donors (Lipinski definition) is 3. The first-order valence-electron chi connectivity index (χ1n) is 5.52. The molecule has 15 heavy (non-hydrogen) atoms. The molecule has 0 amide bonds. The van der Waals surface area contributed by atoms with E-state index in [1.54, 1.807) is 6.07 Å². The molecule has 3 N–H and O–H groups in total. The first-order valence-corrected chi connectivity index (χ1v) is 5.52. The van der Waals surface area contributed by atoms with Gasteiger partial charge in [-0.25, -0.2) is 0 Å². The predicted molar refractivity (Wildman–Crippen MR) is 62.4 cm³/mol. The highest BCUT2D eigenvalue weighted by atomic mass is 16.3. The van der Waals surface area contributed by atoms with Gasteiger partial charge in [-0.3, -0.25) is 0 Å². The van der Waals surface area contributed by atoms with Crippen LogP contribution >= 0.6 is 0 Å². The molecule has 1 aromatic carbocycles. The first kappa shape index (κ1) is 10.3. The van der Waals surface area contributed by atoms with Crippen LogP contribution in [0.15, 0.2) is 18.2 Å². The third-order valence-corrected chi connectivity index (χ3v) is 2.89. The number of hydrogen-bond acceptors (Lipinski definition) is 3. The van der Waals surface area contributed by atoms with Crippen LogP contribution in [0.3, 0.4) is 0 Å². The minimum Gasteiger partial charge on any atom is -0.508 e. The Morgan fingerprint density at radius 1 is 1.53 bits per heavy atom. The van der Waals surface area contributed by atoms with Gasteiger partial charge in [0.2, 0.25) is 0 Å². The summed E-state index contributed by atoms with van der Waals surface area (Å²) in [4.78, 5) is 0. The maximum Gasteiger partial charge on any atom is 0.116 e. The lowest BCUT2D eigenvalue weighted by molar-refractivity contribution is 0.474. The average Bonchev–Trinajstić information content (AvgIpc) is 2.60. The molecule has 0 saturated heterocycles. The normalized spacial score (nSPS) is 18.6. The fourth-order valence-electron chi connectivity index (χ4n) is 2.13. The van der Waals surface area contributed by atoms with Crippen LogP contribution in [0, 0.1) is 0 Å². The smallest absolute Gasteiger partial charge is 0.116 e. The van der Waals surface area contributed by atoms with Crippen molar-refractivity contribution >= 4 is 5.69 Å². The Morgan fingerprint density at radius 2 is 2.40 bits per heavy atom. The number of anilines is 1. The summed E-state index contributed by atoms with van der Waals surface area (Å²) >= 11 is 0. The van der Waals surface area contributed by atoms with Crippen molar-refractivity contribution in [3.8, 4) is 5.75 Å². The van der Waals surface area contributed by atoms with Crippen molar-refractivity contribution in [3.05, 3.63) is 23.8 Å². The van der Waals surface area contributed by atoms with Crippen molar-refractivity contribution in [1.29, 1.82) is 0 Å². The Balaban J connectivity index is 1.91. The Labute approximate surface area is 90.5 Å². The van der Waals surface area contributed by atoms with Crippen molar-refractivity contribution < 1.29 is 5.11 Å². The highest BCUT2D eigenvalue weighted by Crippen LogP contribution is 2.30. The zero-order chi connectivity index (χ0) is 10.7. The van der Waals surface area contributed by atoms with Gasteiger partial charge in [0.05, 0.1) is 0 Å². The van der Waals surface area contributed by atoms with Crippen LogP contribution in [0.25, 0.3) is 0 Å². The summed E-state index contributed by atoms with van der Waals surface area (Å²) in [6, 6.07) is 6.10. The summed E-state index contributed by atoms with van der Waals surface area (Å²) in [5.74, 6) is 0.367. The molecule has 1 aliphatic rings. The first-order chi connectivity index (χ1) is 7.29. The number of fused-ring (bicyclic) bond motifs is 1. The lowest BCUT2D eigenvalue weighted by Gasteiger charge is -2.10. The summed E-state index contributed by atoms with van der Waals surface area (Å²) in [5, 5.41) is 16.0. The van der Waals surface area contributed by atoms with Gasteiger partial charge in [0, 0.05) is 11.7 Å². The van der Waals surface area contributed by atoms with Crippen molar-refractivity contribution in [3.63, 3.8) is 0 Å². The number of rotatable bonds is 4. The average molecular weight is 206 g/mol. The van der Waals surface area contributed by atoms with E-state index in [1.807, 2.05) is 19.2 Å². The summed E-state index contributed by atoms with van der Waals surface area (Å²) < 4.78 is 0. The molecule has 1 heterocycles. The Hall–Kier alpha value is -1.22. The molecular formula is C12H18N2O.